The molecule has 120 valence electrons. The van der Waals surface area contributed by atoms with Gasteiger partial charge in [0.05, 0.1) is 11.5 Å². The summed E-state index contributed by atoms with van der Waals surface area (Å²) in [5.74, 6) is 0.323. The van der Waals surface area contributed by atoms with E-state index in [-0.39, 0.29) is 24.0 Å². The van der Waals surface area contributed by atoms with E-state index in [4.69, 9.17) is 4.52 Å². The van der Waals surface area contributed by atoms with Crippen molar-refractivity contribution in [1.82, 2.24) is 15.5 Å². The Labute approximate surface area is 136 Å². The number of aromatic nitrogens is 2. The molecule has 0 spiro atoms. The number of hydrogen-bond acceptors (Lipinski definition) is 6. The summed E-state index contributed by atoms with van der Waals surface area (Å²) in [6.07, 6.45) is 0. The zero-order chi connectivity index (χ0) is 16.9. The standard InChI is InChI=1S/C16H12N4O4/c21-16(12-6-8-13(9-7-12)20(22)23)17-10-14-18-15(19-24-14)11-4-2-1-3-5-11/h1-9H,10H2,(H,17,21). The van der Waals surface area contributed by atoms with E-state index in [0.717, 1.165) is 5.56 Å². The molecular weight excluding hydrogens is 312 g/mol. The molecule has 1 amide bonds. The Balaban J connectivity index is 1.62. The molecule has 1 aromatic heterocycles. The summed E-state index contributed by atoms with van der Waals surface area (Å²) in [5.41, 5.74) is 1.05. The molecule has 0 fully saturated rings. The Kier molecular flexibility index (Phi) is 4.28. The summed E-state index contributed by atoms with van der Waals surface area (Å²) < 4.78 is 5.09. The van der Waals surface area contributed by atoms with Gasteiger partial charge < -0.3 is 9.84 Å². The molecule has 3 rings (SSSR count). The summed E-state index contributed by atoms with van der Waals surface area (Å²) in [7, 11) is 0. The van der Waals surface area contributed by atoms with Crippen molar-refractivity contribution < 1.29 is 14.2 Å². The van der Waals surface area contributed by atoms with Crippen LogP contribution in [0.4, 0.5) is 5.69 Å². The molecule has 1 N–H and O–H groups in total. The fraction of sp³-hybridized carbons (Fsp3) is 0.0625. The molecule has 24 heavy (non-hydrogen) atoms. The molecule has 3 aromatic rings. The number of carbonyl (C=O) groups excluding carboxylic acids is 1. The number of nitro benzene ring substituents is 1. The molecule has 2 aromatic carbocycles. The van der Waals surface area contributed by atoms with Crippen molar-refractivity contribution in [3.8, 4) is 11.4 Å². The molecule has 8 heteroatoms. The van der Waals surface area contributed by atoms with E-state index in [1.54, 1.807) is 0 Å². The zero-order valence-electron chi connectivity index (χ0n) is 12.4. The molecule has 0 bridgehead atoms. The van der Waals surface area contributed by atoms with Gasteiger partial charge in [-0.1, -0.05) is 35.5 Å². The maximum Gasteiger partial charge on any atom is 0.269 e. The molecule has 0 saturated carbocycles. The van der Waals surface area contributed by atoms with Gasteiger partial charge in [-0.25, -0.2) is 0 Å². The largest absolute Gasteiger partial charge is 0.343 e. The van der Waals surface area contributed by atoms with E-state index >= 15 is 0 Å². The number of nitro groups is 1. The van der Waals surface area contributed by atoms with Gasteiger partial charge in [-0.05, 0) is 12.1 Å². The lowest BCUT2D eigenvalue weighted by Crippen LogP contribution is -2.22. The van der Waals surface area contributed by atoms with Crippen molar-refractivity contribution >= 4 is 11.6 Å². The highest BCUT2D eigenvalue weighted by atomic mass is 16.6. The molecule has 8 nitrogen and oxygen atoms in total. The van der Waals surface area contributed by atoms with E-state index < -0.39 is 4.92 Å². The maximum atomic E-state index is 12.0. The van der Waals surface area contributed by atoms with Crippen molar-refractivity contribution in [2.24, 2.45) is 0 Å². The predicted molar refractivity (Wildman–Crippen MR) is 84.0 cm³/mol. The van der Waals surface area contributed by atoms with Crippen LogP contribution in [0.1, 0.15) is 16.2 Å². The fourth-order valence-corrected chi connectivity index (χ4v) is 2.02. The molecule has 1 heterocycles. The van der Waals surface area contributed by atoms with Crippen LogP contribution in [-0.2, 0) is 6.54 Å². The Morgan fingerprint density at radius 3 is 2.50 bits per heavy atom. The maximum absolute atomic E-state index is 12.0. The van der Waals surface area contributed by atoms with E-state index in [1.165, 1.54) is 24.3 Å². The average molecular weight is 324 g/mol. The first kappa shape index (κ1) is 15.3. The fourth-order valence-electron chi connectivity index (χ4n) is 2.02. The van der Waals surface area contributed by atoms with Gasteiger partial charge in [0.2, 0.25) is 11.7 Å². The lowest BCUT2D eigenvalue weighted by Gasteiger charge is -2.01. The lowest BCUT2D eigenvalue weighted by molar-refractivity contribution is -0.384. The van der Waals surface area contributed by atoms with Crippen molar-refractivity contribution in [1.29, 1.82) is 0 Å². The van der Waals surface area contributed by atoms with Crippen LogP contribution in [-0.4, -0.2) is 21.0 Å². The first-order valence-electron chi connectivity index (χ1n) is 7.04. The zero-order valence-corrected chi connectivity index (χ0v) is 12.4. The van der Waals surface area contributed by atoms with Gasteiger partial charge in [-0.2, -0.15) is 4.98 Å². The lowest BCUT2D eigenvalue weighted by atomic mass is 10.2. The number of nitrogens with zero attached hydrogens (tertiary/aromatic N) is 3. The topological polar surface area (TPSA) is 111 Å². The van der Waals surface area contributed by atoms with E-state index in [0.29, 0.717) is 11.4 Å². The van der Waals surface area contributed by atoms with Crippen LogP contribution in [0.15, 0.2) is 59.1 Å². The van der Waals surface area contributed by atoms with E-state index in [9.17, 15) is 14.9 Å². The van der Waals surface area contributed by atoms with Crippen molar-refractivity contribution in [3.63, 3.8) is 0 Å². The van der Waals surface area contributed by atoms with Crippen LogP contribution < -0.4 is 5.32 Å². The minimum Gasteiger partial charge on any atom is -0.343 e. The Morgan fingerprint density at radius 2 is 1.83 bits per heavy atom. The number of nitrogens with one attached hydrogen (secondary N) is 1. The second-order valence-corrected chi connectivity index (χ2v) is 4.86. The number of hydrogen-bond donors (Lipinski definition) is 1. The first-order chi connectivity index (χ1) is 11.6. The number of carbonyl (C=O) groups is 1. The normalized spacial score (nSPS) is 10.3. The second kappa shape index (κ2) is 6.69. The third kappa shape index (κ3) is 3.43. The minimum absolute atomic E-state index is 0.0651. The van der Waals surface area contributed by atoms with E-state index in [2.05, 4.69) is 15.5 Å². The van der Waals surface area contributed by atoms with Gasteiger partial charge in [0.25, 0.3) is 11.6 Å². The van der Waals surface area contributed by atoms with Gasteiger partial charge >= 0.3 is 0 Å². The monoisotopic (exact) mass is 324 g/mol. The molecule has 0 unspecified atom stereocenters. The molecule has 0 saturated heterocycles. The summed E-state index contributed by atoms with van der Waals surface area (Å²) in [4.78, 5) is 26.3. The minimum atomic E-state index is -0.523. The third-order valence-electron chi connectivity index (χ3n) is 3.24. The summed E-state index contributed by atoms with van der Waals surface area (Å²) in [5, 5.41) is 17.1. The molecule has 0 atom stereocenters. The van der Waals surface area contributed by atoms with Crippen LogP contribution in [0, 0.1) is 10.1 Å². The first-order valence-corrected chi connectivity index (χ1v) is 7.04. The number of rotatable bonds is 5. The highest BCUT2D eigenvalue weighted by molar-refractivity contribution is 5.94. The Morgan fingerprint density at radius 1 is 1.12 bits per heavy atom. The van der Waals surface area contributed by atoms with Gasteiger partial charge in [0, 0.05) is 23.3 Å². The van der Waals surface area contributed by atoms with Gasteiger partial charge in [-0.15, -0.1) is 0 Å². The van der Waals surface area contributed by atoms with Crippen LogP contribution in [0.25, 0.3) is 11.4 Å². The molecule has 0 aliphatic carbocycles. The summed E-state index contributed by atoms with van der Waals surface area (Å²) in [6, 6.07) is 14.6. The molecule has 0 aliphatic heterocycles. The number of amides is 1. The second-order valence-electron chi connectivity index (χ2n) is 4.86. The van der Waals surface area contributed by atoms with E-state index in [1.807, 2.05) is 30.3 Å². The average Bonchev–Trinajstić information content (AvgIpc) is 3.09. The van der Waals surface area contributed by atoms with Crippen LogP contribution >= 0.6 is 0 Å². The third-order valence-corrected chi connectivity index (χ3v) is 3.24. The SMILES string of the molecule is O=C(NCc1nc(-c2ccccc2)no1)c1ccc([N+](=O)[O-])cc1. The highest BCUT2D eigenvalue weighted by Crippen LogP contribution is 2.15. The molecule has 0 aliphatic rings. The van der Waals surface area contributed by atoms with Crippen LogP contribution in [0.2, 0.25) is 0 Å². The van der Waals surface area contributed by atoms with Crippen LogP contribution in [0.3, 0.4) is 0 Å². The van der Waals surface area contributed by atoms with Crippen molar-refractivity contribution in [3.05, 3.63) is 76.2 Å². The summed E-state index contributed by atoms with van der Waals surface area (Å²) >= 11 is 0. The Bertz CT molecular complexity index is 859. The van der Waals surface area contributed by atoms with Crippen molar-refractivity contribution in [2.75, 3.05) is 0 Å². The van der Waals surface area contributed by atoms with Gasteiger partial charge in [0.1, 0.15) is 0 Å². The van der Waals surface area contributed by atoms with Crippen LogP contribution in [0.5, 0.6) is 0 Å². The van der Waals surface area contributed by atoms with Gasteiger partial charge in [-0.3, -0.25) is 14.9 Å². The molecule has 0 radical (unpaired) electrons. The molecular formula is C16H12N4O4. The number of non-ortho nitro benzene ring substituents is 1. The quantitative estimate of drug-likeness (QED) is 0.570. The predicted octanol–water partition coefficient (Wildman–Crippen LogP) is 2.57. The Hall–Kier alpha value is -3.55. The van der Waals surface area contributed by atoms with Crippen molar-refractivity contribution in [2.45, 2.75) is 6.54 Å². The smallest absolute Gasteiger partial charge is 0.269 e. The van der Waals surface area contributed by atoms with Gasteiger partial charge in [0.15, 0.2) is 0 Å². The number of benzene rings is 2. The highest BCUT2D eigenvalue weighted by Gasteiger charge is 2.12. The summed E-state index contributed by atoms with van der Waals surface area (Å²) in [6.45, 7) is 0.0651.